The molecule has 0 fully saturated rings. The Morgan fingerprint density at radius 2 is 0.857 bits per heavy atom. The third-order valence-electron chi connectivity index (χ3n) is 7.97. The topological polar surface area (TPSA) is 26.9 Å². The second-order valence-electron chi connectivity index (χ2n) is 11.2. The van der Waals surface area contributed by atoms with E-state index in [1.807, 2.05) is 48.5 Å². The Bertz CT molecular complexity index is 1940. The molecule has 3 nitrogen and oxygen atoms in total. The van der Waals surface area contributed by atoms with Gasteiger partial charge in [0, 0.05) is 10.0 Å². The van der Waals surface area contributed by atoms with E-state index in [2.05, 4.69) is 74.9 Å². The maximum atomic E-state index is 14.7. The Kier molecular flexibility index (Phi) is 7.13. The lowest BCUT2D eigenvalue weighted by molar-refractivity contribution is -0.108. The predicted octanol–water partition coefficient (Wildman–Crippen LogP) is 8.14. The van der Waals surface area contributed by atoms with Crippen molar-refractivity contribution in [2.75, 3.05) is 0 Å². The summed E-state index contributed by atoms with van der Waals surface area (Å²) in [7, 11) is 0. The maximum Gasteiger partial charge on any atom is 0.198 e. The first-order valence-electron chi connectivity index (χ1n) is 13.8. The van der Waals surface area contributed by atoms with Gasteiger partial charge in [-0.25, -0.2) is 0 Å². The van der Waals surface area contributed by atoms with Crippen molar-refractivity contribution in [3.05, 3.63) is 143 Å². The number of carbonyl (C=O) groups is 1. The van der Waals surface area contributed by atoms with E-state index in [-0.39, 0.29) is 5.78 Å². The minimum Gasteiger partial charge on any atom is -0.288 e. The molecule has 6 rings (SSSR count). The van der Waals surface area contributed by atoms with Crippen LogP contribution in [0.4, 0.5) is 0 Å². The van der Waals surface area contributed by atoms with Gasteiger partial charge in [-0.2, -0.15) is 0 Å². The molecule has 0 N–H and O–H groups in total. The van der Waals surface area contributed by atoms with Crippen LogP contribution >= 0.6 is 35.4 Å². The molecule has 5 aromatic rings. The Hall–Kier alpha value is -3.70. The average molecular weight is 610 g/mol. The molecule has 4 aromatic carbocycles. The summed E-state index contributed by atoms with van der Waals surface area (Å²) in [6.45, 7) is 12.6. The first-order chi connectivity index (χ1) is 20.0. The number of imidazole rings is 1. The highest BCUT2D eigenvalue weighted by Crippen LogP contribution is 2.30. The fourth-order valence-corrected chi connectivity index (χ4v) is 7.15. The number of hydrogen-bond donors (Lipinski definition) is 0. The molecule has 1 aromatic heterocycles. The Morgan fingerprint density at radius 1 is 0.548 bits per heavy atom. The highest BCUT2D eigenvalue weighted by molar-refractivity contribution is 7.71. The number of aromatic nitrogens is 2. The van der Waals surface area contributed by atoms with Crippen LogP contribution in [0.5, 0.6) is 0 Å². The molecule has 0 unspecified atom stereocenters. The van der Waals surface area contributed by atoms with E-state index in [1.54, 1.807) is 0 Å². The van der Waals surface area contributed by atoms with Crippen molar-refractivity contribution in [3.8, 4) is 11.4 Å². The van der Waals surface area contributed by atoms with Gasteiger partial charge in [0.15, 0.2) is 10.6 Å². The largest absolute Gasteiger partial charge is 0.288 e. The summed E-state index contributed by atoms with van der Waals surface area (Å²) < 4.78 is 4.83. The lowest BCUT2D eigenvalue weighted by atomic mass is 9.96. The van der Waals surface area contributed by atoms with Gasteiger partial charge >= 0.3 is 0 Å². The number of carbonyl (C=O) groups excluding carboxylic acids is 1. The first kappa shape index (κ1) is 28.4. The monoisotopic (exact) mass is 608 g/mol. The normalized spacial score (nSPS) is 12.8. The van der Waals surface area contributed by atoms with Crippen LogP contribution in [-0.2, 0) is 4.79 Å². The molecule has 0 radical (unpaired) electrons. The van der Waals surface area contributed by atoms with E-state index in [1.165, 1.54) is 11.1 Å². The fourth-order valence-electron chi connectivity index (χ4n) is 6.54. The smallest absolute Gasteiger partial charge is 0.198 e. The van der Waals surface area contributed by atoms with E-state index in [0.717, 1.165) is 55.5 Å². The third kappa shape index (κ3) is 4.50. The van der Waals surface area contributed by atoms with E-state index >= 15 is 0 Å². The number of ketones is 1. The first-order valence-corrected chi connectivity index (χ1v) is 15.0. The van der Waals surface area contributed by atoms with Crippen LogP contribution in [0.2, 0.25) is 10.0 Å². The van der Waals surface area contributed by atoms with Crippen molar-refractivity contribution < 1.29 is 4.79 Å². The minimum atomic E-state index is -0.0630. The van der Waals surface area contributed by atoms with Crippen molar-refractivity contribution in [3.63, 3.8) is 0 Å². The maximum absolute atomic E-state index is 14.7. The number of halogens is 2. The summed E-state index contributed by atoms with van der Waals surface area (Å²) >= 11 is 19.0. The highest BCUT2D eigenvalue weighted by atomic mass is 35.5. The van der Waals surface area contributed by atoms with Crippen molar-refractivity contribution in [1.82, 2.24) is 9.13 Å². The molecular weight excluding hydrogens is 579 g/mol. The number of rotatable bonds is 4. The van der Waals surface area contributed by atoms with Gasteiger partial charge in [-0.3, -0.25) is 13.9 Å². The molecule has 0 saturated carbocycles. The number of Topliss-reactive ketones (excluding diaryl/α,β-unsaturated/α-hetero) is 1. The van der Waals surface area contributed by atoms with Gasteiger partial charge in [0.1, 0.15) is 0 Å². The molecule has 0 atom stereocenters. The van der Waals surface area contributed by atoms with Crippen molar-refractivity contribution in [2.45, 2.75) is 41.5 Å². The zero-order valence-electron chi connectivity index (χ0n) is 24.4. The van der Waals surface area contributed by atoms with Gasteiger partial charge in [-0.1, -0.05) is 82.9 Å². The Labute approximate surface area is 261 Å². The van der Waals surface area contributed by atoms with Crippen molar-refractivity contribution in [2.24, 2.45) is 0 Å². The van der Waals surface area contributed by atoms with Gasteiger partial charge in [0.2, 0.25) is 0 Å². The van der Waals surface area contributed by atoms with Crippen LogP contribution in [-0.4, -0.2) is 14.9 Å². The summed E-state index contributed by atoms with van der Waals surface area (Å²) in [4.78, 5) is 14.7. The second-order valence-corrected chi connectivity index (χ2v) is 12.5. The van der Waals surface area contributed by atoms with Gasteiger partial charge in [0.25, 0.3) is 0 Å². The molecule has 0 saturated heterocycles. The van der Waals surface area contributed by atoms with E-state index in [9.17, 15) is 4.79 Å². The van der Waals surface area contributed by atoms with Crippen LogP contribution in [0.3, 0.4) is 0 Å². The van der Waals surface area contributed by atoms with E-state index in [0.29, 0.717) is 26.0 Å². The standard InChI is InChI=1S/C36H30Cl2N2OS/c1-19-15-21(3)31(22(4)16-19)39-33-29(25-7-11-27(37)12-8-25)35(41)30(26-9-13-28(38)14-10-26)34(33)40(36(39)42)32-23(5)17-20(2)18-24(32)6/h7-18H,1-6H3. The molecular formula is C36H30Cl2N2OS. The molecule has 1 heterocycles. The van der Waals surface area contributed by atoms with Crippen LogP contribution in [0.25, 0.3) is 22.5 Å². The lowest BCUT2D eigenvalue weighted by Crippen LogP contribution is -2.33. The lowest BCUT2D eigenvalue weighted by Gasteiger charge is -2.16. The summed E-state index contributed by atoms with van der Waals surface area (Å²) in [5, 5.41) is 2.79. The van der Waals surface area contributed by atoms with Gasteiger partial charge in [0.05, 0.1) is 33.2 Å². The number of nitrogens with zero attached hydrogens (tertiary/aromatic N) is 2. The van der Waals surface area contributed by atoms with E-state index in [4.69, 9.17) is 35.4 Å². The molecule has 210 valence electrons. The van der Waals surface area contributed by atoms with Crippen LogP contribution < -0.4 is 10.7 Å². The number of hydrogen-bond acceptors (Lipinski definition) is 2. The van der Waals surface area contributed by atoms with Gasteiger partial charge in [-0.05, 0) is 111 Å². The highest BCUT2D eigenvalue weighted by Gasteiger charge is 2.33. The van der Waals surface area contributed by atoms with Gasteiger partial charge < -0.3 is 0 Å². The second kappa shape index (κ2) is 10.5. The Morgan fingerprint density at radius 3 is 1.17 bits per heavy atom. The van der Waals surface area contributed by atoms with Crippen molar-refractivity contribution >= 4 is 52.3 Å². The Balaban J connectivity index is 1.93. The number of benzene rings is 4. The SMILES string of the molecule is Cc1cc(C)c(-n2c3c(n(-c4c(C)cc(C)cc4C)c2=S)=C(c2ccc(Cl)cc2)C(=O)C=3c2ccc(Cl)cc2)c(C)c1. The molecule has 0 amide bonds. The minimum absolute atomic E-state index is 0.0630. The zero-order chi connectivity index (χ0) is 30.0. The summed E-state index contributed by atoms with van der Waals surface area (Å²) in [5.74, 6) is -0.0630. The van der Waals surface area contributed by atoms with Crippen LogP contribution in [0, 0.1) is 46.3 Å². The molecule has 1 aliphatic rings. The summed E-state index contributed by atoms with van der Waals surface area (Å²) in [6.07, 6.45) is 0. The number of aryl methyl sites for hydroxylation is 6. The molecule has 0 aliphatic heterocycles. The quantitative estimate of drug-likeness (QED) is 0.193. The average Bonchev–Trinajstić information content (AvgIpc) is 3.34. The van der Waals surface area contributed by atoms with Crippen LogP contribution in [0.15, 0.2) is 72.8 Å². The zero-order valence-corrected chi connectivity index (χ0v) is 26.7. The molecule has 0 bridgehead atoms. The van der Waals surface area contributed by atoms with Crippen molar-refractivity contribution in [1.29, 1.82) is 0 Å². The fraction of sp³-hybridized carbons (Fsp3) is 0.167. The predicted molar refractivity (Wildman–Crippen MR) is 177 cm³/mol. The van der Waals surface area contributed by atoms with Gasteiger partial charge in [-0.15, -0.1) is 0 Å². The van der Waals surface area contributed by atoms with E-state index < -0.39 is 0 Å². The molecule has 0 spiro atoms. The molecule has 1 aliphatic carbocycles. The number of fused-ring (bicyclic) bond motifs is 1. The summed E-state index contributed by atoms with van der Waals surface area (Å²) in [5.41, 5.74) is 11.4. The molecule has 6 heteroatoms. The van der Waals surface area contributed by atoms with Crippen LogP contribution in [0.1, 0.15) is 44.5 Å². The third-order valence-corrected chi connectivity index (χ3v) is 8.83. The molecule has 42 heavy (non-hydrogen) atoms. The summed E-state index contributed by atoms with van der Waals surface area (Å²) in [6, 6.07) is 23.6.